The van der Waals surface area contributed by atoms with Gasteiger partial charge in [0.1, 0.15) is 18.1 Å². The molecule has 0 spiro atoms. The quantitative estimate of drug-likeness (QED) is 0.391. The number of nitriles is 1. The lowest BCUT2D eigenvalue weighted by molar-refractivity contribution is -0.147. The number of carbonyl (C=O) groups excluding carboxylic acids is 2. The number of hydrogen-bond acceptors (Lipinski definition) is 7. The zero-order chi connectivity index (χ0) is 24.5. The molecule has 0 radical (unpaired) electrons. The van der Waals surface area contributed by atoms with E-state index in [-0.39, 0.29) is 19.4 Å². The first-order valence-corrected chi connectivity index (χ1v) is 11.0. The van der Waals surface area contributed by atoms with Crippen LogP contribution in [0.5, 0.6) is 5.75 Å². The average molecular weight is 482 g/mol. The minimum absolute atomic E-state index is 0.00673. The normalized spacial score (nSPS) is 10.4. The van der Waals surface area contributed by atoms with E-state index < -0.39 is 18.5 Å². The number of aromatic nitrogens is 1. The van der Waals surface area contributed by atoms with E-state index in [0.29, 0.717) is 28.8 Å². The molecule has 0 atom stereocenters. The van der Waals surface area contributed by atoms with Crippen molar-refractivity contribution in [1.29, 1.82) is 5.26 Å². The first-order chi connectivity index (χ1) is 16.4. The summed E-state index contributed by atoms with van der Waals surface area (Å²) in [5.41, 5.74) is 2.95. The van der Waals surface area contributed by atoms with Gasteiger partial charge in [-0.15, -0.1) is 0 Å². The highest BCUT2D eigenvalue weighted by Gasteiger charge is 2.18. The Labute approximate surface area is 202 Å². The molecule has 0 aliphatic rings. The monoisotopic (exact) mass is 481 g/mol. The van der Waals surface area contributed by atoms with Gasteiger partial charge >= 0.3 is 5.97 Å². The third kappa shape index (κ3) is 6.83. The molecule has 3 rings (SSSR count). The van der Waals surface area contributed by atoms with Crippen molar-refractivity contribution in [1.82, 2.24) is 5.16 Å². The molecule has 0 aliphatic carbocycles. The second kappa shape index (κ2) is 11.9. The molecule has 0 saturated heterocycles. The largest absolute Gasteiger partial charge is 0.489 e. The molecule has 1 aromatic heterocycles. The Kier molecular flexibility index (Phi) is 8.66. The number of aryl methyl sites for hydroxylation is 2. The van der Waals surface area contributed by atoms with Gasteiger partial charge in [-0.2, -0.15) is 5.26 Å². The van der Waals surface area contributed by atoms with Crippen molar-refractivity contribution in [3.63, 3.8) is 0 Å². The van der Waals surface area contributed by atoms with Crippen LogP contribution in [0.4, 0.5) is 5.69 Å². The lowest BCUT2D eigenvalue weighted by Gasteiger charge is -2.21. The van der Waals surface area contributed by atoms with Crippen LogP contribution in [-0.4, -0.2) is 30.2 Å². The van der Waals surface area contributed by atoms with Gasteiger partial charge in [0.05, 0.1) is 30.2 Å². The van der Waals surface area contributed by atoms with E-state index in [1.807, 2.05) is 19.9 Å². The van der Waals surface area contributed by atoms with Crippen molar-refractivity contribution < 1.29 is 23.6 Å². The number of hydrogen-bond donors (Lipinski definition) is 0. The number of ether oxygens (including phenoxy) is 2. The van der Waals surface area contributed by atoms with Gasteiger partial charge in [-0.25, -0.2) is 0 Å². The summed E-state index contributed by atoms with van der Waals surface area (Å²) in [6.07, 6.45) is 0.143. The Bertz CT molecular complexity index is 1160. The highest BCUT2D eigenvalue weighted by atomic mass is 35.5. The van der Waals surface area contributed by atoms with Crippen molar-refractivity contribution >= 4 is 29.2 Å². The predicted molar refractivity (Wildman–Crippen MR) is 125 cm³/mol. The molecular formula is C25H24ClN3O5. The average Bonchev–Trinajstić information content (AvgIpc) is 3.14. The number of rotatable bonds is 10. The molecule has 1 amide bonds. The maximum Gasteiger partial charge on any atom is 0.310 e. The Morgan fingerprint density at radius 3 is 2.59 bits per heavy atom. The summed E-state index contributed by atoms with van der Waals surface area (Å²) in [6.45, 7) is 3.75. The molecule has 2 aromatic carbocycles. The number of carbonyl (C=O) groups is 2. The minimum atomic E-state index is -0.538. The van der Waals surface area contributed by atoms with Gasteiger partial charge in [0.2, 0.25) is 0 Å². The van der Waals surface area contributed by atoms with Crippen molar-refractivity contribution in [2.24, 2.45) is 0 Å². The SMILES string of the molecule is Cc1noc(C)c1COc1ccc(CC(=O)OCC(=O)N(CCC#N)c2cccc(Cl)c2)cc1. The number of amides is 1. The van der Waals surface area contributed by atoms with Crippen molar-refractivity contribution in [3.8, 4) is 11.8 Å². The Morgan fingerprint density at radius 2 is 1.94 bits per heavy atom. The lowest BCUT2D eigenvalue weighted by Crippen LogP contribution is -2.35. The minimum Gasteiger partial charge on any atom is -0.489 e. The Hall–Kier alpha value is -3.83. The van der Waals surface area contributed by atoms with Crippen molar-refractivity contribution in [3.05, 3.63) is 76.1 Å². The summed E-state index contributed by atoms with van der Waals surface area (Å²) in [5, 5.41) is 13.3. The second-order valence-corrected chi connectivity index (χ2v) is 7.94. The summed E-state index contributed by atoms with van der Waals surface area (Å²) < 4.78 is 16.1. The number of anilines is 1. The molecule has 0 unspecified atom stereocenters. The molecule has 0 saturated carbocycles. The number of nitrogens with zero attached hydrogens (tertiary/aromatic N) is 3. The van der Waals surface area contributed by atoms with Crippen LogP contribution in [0.25, 0.3) is 0 Å². The lowest BCUT2D eigenvalue weighted by atomic mass is 10.1. The number of esters is 1. The van der Waals surface area contributed by atoms with E-state index in [0.717, 1.165) is 16.8 Å². The molecule has 1 heterocycles. The molecule has 0 aliphatic heterocycles. The third-order valence-electron chi connectivity index (χ3n) is 5.06. The first kappa shape index (κ1) is 24.8. The van der Waals surface area contributed by atoms with E-state index in [1.54, 1.807) is 48.5 Å². The summed E-state index contributed by atoms with van der Waals surface area (Å²) in [7, 11) is 0. The maximum atomic E-state index is 12.6. The fourth-order valence-electron chi connectivity index (χ4n) is 3.21. The first-order valence-electron chi connectivity index (χ1n) is 10.6. The van der Waals surface area contributed by atoms with Crippen LogP contribution >= 0.6 is 11.6 Å². The van der Waals surface area contributed by atoms with Gasteiger partial charge < -0.3 is 18.9 Å². The van der Waals surface area contributed by atoms with Crippen LogP contribution in [0.15, 0.2) is 53.1 Å². The summed E-state index contributed by atoms with van der Waals surface area (Å²) >= 11 is 6.01. The highest BCUT2D eigenvalue weighted by Crippen LogP contribution is 2.21. The van der Waals surface area contributed by atoms with Crippen LogP contribution in [0.3, 0.4) is 0 Å². The van der Waals surface area contributed by atoms with E-state index in [1.165, 1.54) is 4.90 Å². The van der Waals surface area contributed by atoms with Gasteiger partial charge in [0, 0.05) is 17.3 Å². The zero-order valence-electron chi connectivity index (χ0n) is 18.9. The van der Waals surface area contributed by atoms with Gasteiger partial charge in [0.25, 0.3) is 5.91 Å². The maximum absolute atomic E-state index is 12.6. The van der Waals surface area contributed by atoms with E-state index in [2.05, 4.69) is 5.16 Å². The molecule has 0 fully saturated rings. The van der Waals surface area contributed by atoms with Crippen LogP contribution < -0.4 is 9.64 Å². The fourth-order valence-corrected chi connectivity index (χ4v) is 3.39. The summed E-state index contributed by atoms with van der Waals surface area (Å²) in [5.74, 6) is 0.382. The van der Waals surface area contributed by atoms with E-state index in [9.17, 15) is 9.59 Å². The third-order valence-corrected chi connectivity index (χ3v) is 5.30. The van der Waals surface area contributed by atoms with Crippen molar-refractivity contribution in [2.75, 3.05) is 18.1 Å². The summed E-state index contributed by atoms with van der Waals surface area (Å²) in [4.78, 5) is 26.3. The number of benzene rings is 2. The van der Waals surface area contributed by atoms with Crippen LogP contribution in [0.2, 0.25) is 5.02 Å². The fraction of sp³-hybridized carbons (Fsp3) is 0.280. The molecule has 8 nitrogen and oxygen atoms in total. The van der Waals surface area contributed by atoms with Gasteiger partial charge in [-0.05, 0) is 49.7 Å². The predicted octanol–water partition coefficient (Wildman–Crippen LogP) is 4.56. The Morgan fingerprint density at radius 1 is 1.18 bits per heavy atom. The van der Waals surface area contributed by atoms with Gasteiger partial charge in [-0.3, -0.25) is 9.59 Å². The smallest absolute Gasteiger partial charge is 0.310 e. The molecule has 0 N–H and O–H groups in total. The zero-order valence-corrected chi connectivity index (χ0v) is 19.7. The molecule has 0 bridgehead atoms. The highest BCUT2D eigenvalue weighted by molar-refractivity contribution is 6.30. The molecular weight excluding hydrogens is 458 g/mol. The molecule has 34 heavy (non-hydrogen) atoms. The van der Waals surface area contributed by atoms with Crippen LogP contribution in [0, 0.1) is 25.2 Å². The molecule has 176 valence electrons. The number of halogens is 1. The van der Waals surface area contributed by atoms with Gasteiger partial charge in [-0.1, -0.05) is 35.0 Å². The van der Waals surface area contributed by atoms with E-state index >= 15 is 0 Å². The molecule has 9 heteroatoms. The van der Waals surface area contributed by atoms with Crippen LogP contribution in [-0.2, 0) is 27.4 Å². The second-order valence-electron chi connectivity index (χ2n) is 7.51. The Balaban J connectivity index is 1.51. The standard InChI is InChI=1S/C25H24ClN3O5/c1-17-23(18(2)34-28-17)15-32-22-9-7-19(8-10-22)13-25(31)33-16-24(30)29(12-4-11-27)21-6-3-5-20(26)14-21/h3,5-10,14H,4,12-13,15-16H2,1-2H3. The van der Waals surface area contributed by atoms with Crippen LogP contribution in [0.1, 0.15) is 29.0 Å². The van der Waals surface area contributed by atoms with Gasteiger partial charge in [0.15, 0.2) is 6.61 Å². The molecule has 3 aromatic rings. The van der Waals surface area contributed by atoms with E-state index in [4.69, 9.17) is 30.9 Å². The van der Waals surface area contributed by atoms with Crippen molar-refractivity contribution in [2.45, 2.75) is 33.3 Å². The summed E-state index contributed by atoms with van der Waals surface area (Å²) in [6, 6.07) is 15.8. The topological polar surface area (TPSA) is 106 Å².